The van der Waals surface area contributed by atoms with Gasteiger partial charge in [-0.05, 0) is 54.3 Å². The van der Waals surface area contributed by atoms with Crippen LogP contribution in [0.25, 0.3) is 27.5 Å². The van der Waals surface area contributed by atoms with E-state index in [1.807, 2.05) is 4.90 Å². The molecule has 2 fully saturated rings. The number of benzene rings is 3. The average Bonchev–Trinajstić information content (AvgIpc) is 3.76. The summed E-state index contributed by atoms with van der Waals surface area (Å²) in [6, 6.07) is 8.05. The highest BCUT2D eigenvalue weighted by Crippen LogP contribution is 2.68. The summed E-state index contributed by atoms with van der Waals surface area (Å²) in [5.41, 5.74) is -2.76. The highest BCUT2D eigenvalue weighted by molar-refractivity contribution is 7.92. The number of sulfone groups is 1. The highest BCUT2D eigenvalue weighted by atomic mass is 35.5. The molecule has 16 nitrogen and oxygen atoms in total. The number of sulfonamides is 1. The number of hydrogen-bond acceptors (Lipinski definition) is 11. The number of amides is 1. The summed E-state index contributed by atoms with van der Waals surface area (Å²) in [7, 11) is -5.62. The van der Waals surface area contributed by atoms with Gasteiger partial charge in [-0.3, -0.25) is 33.1 Å². The zero-order chi connectivity index (χ0) is 47.2. The van der Waals surface area contributed by atoms with Gasteiger partial charge < -0.3 is 10.1 Å². The Morgan fingerprint density at radius 3 is 2.44 bits per heavy atom. The predicted octanol–water partition coefficient (Wildman–Crippen LogP) is 5.13. The van der Waals surface area contributed by atoms with Gasteiger partial charge in [0, 0.05) is 56.7 Å². The Morgan fingerprint density at radius 1 is 1.05 bits per heavy atom. The fourth-order valence-corrected chi connectivity index (χ4v) is 10.9. The van der Waals surface area contributed by atoms with Crippen LogP contribution in [0.2, 0.25) is 5.02 Å². The minimum Gasteiger partial charge on any atom is -0.492 e. The molecule has 0 bridgehead atoms. The quantitative estimate of drug-likeness (QED) is 0.138. The lowest BCUT2D eigenvalue weighted by Gasteiger charge is -2.26. The highest BCUT2D eigenvalue weighted by Gasteiger charge is 2.67. The van der Waals surface area contributed by atoms with Crippen LogP contribution in [0.15, 0.2) is 53.3 Å². The van der Waals surface area contributed by atoms with E-state index in [2.05, 4.69) is 20.2 Å². The summed E-state index contributed by atoms with van der Waals surface area (Å²) < 4.78 is 149. The van der Waals surface area contributed by atoms with Gasteiger partial charge in [0.05, 0.1) is 56.3 Å². The van der Waals surface area contributed by atoms with Crippen LogP contribution >= 0.6 is 11.6 Å². The van der Waals surface area contributed by atoms with Crippen molar-refractivity contribution < 1.29 is 52.7 Å². The van der Waals surface area contributed by atoms with Gasteiger partial charge in [0.15, 0.2) is 15.7 Å². The Labute approximate surface area is 376 Å². The standard InChI is InChI=1S/C41H38ClF6N9O7S2/c1-54-35-30(6-5-27(42)33(35)38(52-54)53-65(2,60)61)57-39(50-28-17-23(3-4-24(28)40(57)59)64-10-7-55-8-11-66(62,63)12-9-55)29(15-20-13-21(43)16-22(44)14-20)49-31(58)19-56-36-32(34(51-56)37(45)46)25-18-26(25)41(36,47)48/h3-6,13-14,16-17,25-26,29,37H,7-12,15,18-19H2,1-2H3,(H,49,58)(H,52,53)/t25-,26+,29-/m0/s1. The van der Waals surface area contributed by atoms with Crippen molar-refractivity contribution >= 4 is 65.0 Å². The molecule has 3 aromatic carbocycles. The van der Waals surface area contributed by atoms with Gasteiger partial charge in [-0.2, -0.15) is 19.0 Å². The van der Waals surface area contributed by atoms with E-state index in [1.165, 1.54) is 42.1 Å². The van der Waals surface area contributed by atoms with Crippen molar-refractivity contribution in [2.45, 2.75) is 43.7 Å². The zero-order valence-electron chi connectivity index (χ0n) is 34.7. The second kappa shape index (κ2) is 16.6. The number of carbonyl (C=O) groups excluding carboxylic acids is 1. The van der Waals surface area contributed by atoms with E-state index < -0.39 is 97.5 Å². The van der Waals surface area contributed by atoms with Gasteiger partial charge in [-0.25, -0.2) is 39.4 Å². The number of nitrogens with one attached hydrogen (secondary N) is 2. The number of ether oxygens (including phenoxy) is 1. The van der Waals surface area contributed by atoms with E-state index >= 15 is 13.6 Å². The molecule has 0 spiro atoms. The summed E-state index contributed by atoms with van der Waals surface area (Å²) in [4.78, 5) is 35.9. The normalized spacial score (nSPS) is 19.2. The first-order valence-electron chi connectivity index (χ1n) is 20.4. The zero-order valence-corrected chi connectivity index (χ0v) is 37.1. The number of alkyl halides is 4. The largest absolute Gasteiger partial charge is 0.492 e. The molecule has 2 N–H and O–H groups in total. The SMILES string of the molecule is Cn1nc(NS(C)(=O)=O)c2c(Cl)ccc(-n3c([C@H](Cc4cc(F)cc(F)c4)NC(=O)Cn4nc(C(F)F)c5c4C(F)(F)[C@@H]4C[C@H]54)nc4cc(OCCN5CCS(=O)(=O)CC5)ccc4c3=O)c21. The van der Waals surface area contributed by atoms with Gasteiger partial charge in [-0.1, -0.05) is 11.6 Å². The topological polar surface area (TPSA) is 192 Å². The Bertz CT molecular complexity index is 3240. The smallest absolute Gasteiger partial charge is 0.293 e. The number of aromatic nitrogens is 6. The molecule has 66 heavy (non-hydrogen) atoms. The third-order valence-corrected chi connectivity index (χ3v) is 14.4. The molecule has 25 heteroatoms. The molecule has 2 aliphatic carbocycles. The molecule has 0 radical (unpaired) electrons. The van der Waals surface area contributed by atoms with E-state index in [4.69, 9.17) is 21.3 Å². The number of halogens is 7. The van der Waals surface area contributed by atoms with Crippen molar-refractivity contribution in [3.05, 3.63) is 104 Å². The fraction of sp³-hybridized carbons (Fsp3) is 0.390. The predicted molar refractivity (Wildman–Crippen MR) is 229 cm³/mol. The average molecular weight is 982 g/mol. The first-order chi connectivity index (χ1) is 31.1. The van der Waals surface area contributed by atoms with Gasteiger partial charge in [-0.15, -0.1) is 0 Å². The number of aryl methyl sites for hydroxylation is 1. The number of hydrogen-bond donors (Lipinski definition) is 2. The van der Waals surface area contributed by atoms with Crippen molar-refractivity contribution in [2.75, 3.05) is 48.7 Å². The van der Waals surface area contributed by atoms with Crippen molar-refractivity contribution in [1.82, 2.24) is 39.3 Å². The van der Waals surface area contributed by atoms with E-state index in [9.17, 15) is 39.2 Å². The molecule has 9 rings (SSSR count). The van der Waals surface area contributed by atoms with Crippen LogP contribution in [0.4, 0.5) is 32.2 Å². The fourth-order valence-electron chi connectivity index (χ4n) is 8.92. The molecule has 6 aromatic rings. The lowest BCUT2D eigenvalue weighted by atomic mass is 10.0. The van der Waals surface area contributed by atoms with E-state index in [0.717, 1.165) is 23.0 Å². The Balaban J connectivity index is 1.18. The van der Waals surface area contributed by atoms with Crippen LogP contribution in [-0.4, -0.2) is 101 Å². The van der Waals surface area contributed by atoms with Crippen LogP contribution in [0.1, 0.15) is 53.1 Å². The Hall–Kier alpha value is -5.72. The second-order valence-electron chi connectivity index (χ2n) is 16.5. The van der Waals surface area contributed by atoms with Crippen molar-refractivity contribution in [2.24, 2.45) is 13.0 Å². The third-order valence-electron chi connectivity index (χ3n) is 11.9. The van der Waals surface area contributed by atoms with Crippen LogP contribution in [-0.2, 0) is 50.6 Å². The summed E-state index contributed by atoms with van der Waals surface area (Å²) >= 11 is 6.63. The molecular weight excluding hydrogens is 944 g/mol. The molecule has 0 unspecified atom stereocenters. The maximum Gasteiger partial charge on any atom is 0.293 e. The van der Waals surface area contributed by atoms with E-state index in [1.54, 1.807) is 0 Å². The molecule has 3 atom stereocenters. The molecule has 1 saturated carbocycles. The number of carbonyl (C=O) groups is 1. The van der Waals surface area contributed by atoms with Crippen LogP contribution in [0, 0.1) is 17.6 Å². The molecule has 4 heterocycles. The lowest BCUT2D eigenvalue weighted by Crippen LogP contribution is -2.42. The van der Waals surface area contributed by atoms with Gasteiger partial charge in [0.25, 0.3) is 17.9 Å². The number of anilines is 1. The maximum absolute atomic E-state index is 15.6. The Kier molecular flexibility index (Phi) is 11.4. The first-order valence-corrected chi connectivity index (χ1v) is 24.4. The molecule has 3 aromatic heterocycles. The molecule has 1 saturated heterocycles. The number of nitrogens with zero attached hydrogens (tertiary/aromatic N) is 7. The van der Waals surface area contributed by atoms with Gasteiger partial charge in [0.1, 0.15) is 47.7 Å². The van der Waals surface area contributed by atoms with Crippen LogP contribution in [0.3, 0.4) is 0 Å². The molecular formula is C41H38ClF6N9O7S2. The summed E-state index contributed by atoms with van der Waals surface area (Å²) in [5.74, 6) is -8.99. The first kappa shape index (κ1) is 45.4. The number of fused-ring (bicyclic) bond motifs is 5. The monoisotopic (exact) mass is 981 g/mol. The molecule has 3 aliphatic rings. The van der Waals surface area contributed by atoms with E-state index in [-0.39, 0.29) is 85.6 Å². The van der Waals surface area contributed by atoms with E-state index in [0.29, 0.717) is 30.4 Å². The number of rotatable bonds is 14. The van der Waals surface area contributed by atoms with Crippen LogP contribution in [0.5, 0.6) is 5.75 Å². The summed E-state index contributed by atoms with van der Waals surface area (Å²) in [5, 5.41) is 10.7. The van der Waals surface area contributed by atoms with Crippen molar-refractivity contribution in [3.8, 4) is 11.4 Å². The minimum absolute atomic E-state index is 0.00234. The van der Waals surface area contributed by atoms with Crippen LogP contribution < -0.4 is 20.3 Å². The molecule has 1 aliphatic heterocycles. The maximum atomic E-state index is 15.6. The summed E-state index contributed by atoms with van der Waals surface area (Å²) in [6.45, 7) is 0.0966. The molecule has 1 amide bonds. The van der Waals surface area contributed by atoms with Crippen molar-refractivity contribution in [1.29, 1.82) is 0 Å². The Morgan fingerprint density at radius 2 is 1.76 bits per heavy atom. The molecule has 350 valence electrons. The van der Waals surface area contributed by atoms with Crippen molar-refractivity contribution in [3.63, 3.8) is 0 Å². The summed E-state index contributed by atoms with van der Waals surface area (Å²) in [6.07, 6.45) is -2.85. The lowest BCUT2D eigenvalue weighted by molar-refractivity contribution is -0.123. The third kappa shape index (κ3) is 8.58. The minimum atomic E-state index is -3.94. The van der Waals surface area contributed by atoms with Gasteiger partial charge >= 0.3 is 0 Å². The second-order valence-corrected chi connectivity index (χ2v) is 21.0. The van der Waals surface area contributed by atoms with Gasteiger partial charge in [0.2, 0.25) is 15.9 Å².